The minimum Gasteiger partial charge on any atom is -0.502 e. The van der Waals surface area contributed by atoms with Crippen LogP contribution in [0.15, 0.2) is 50.3 Å². The SMILES string of the molecule is O=c1c(O)c(-c2ccc(Br)cc2)oc2cncc(Cl)c12. The summed E-state index contributed by atoms with van der Waals surface area (Å²) in [7, 11) is 0. The second-order valence-electron chi connectivity index (χ2n) is 4.11. The van der Waals surface area contributed by atoms with Gasteiger partial charge in [0, 0.05) is 16.2 Å². The smallest absolute Gasteiger partial charge is 0.236 e. The highest BCUT2D eigenvalue weighted by atomic mass is 79.9. The van der Waals surface area contributed by atoms with Crippen molar-refractivity contribution in [1.82, 2.24) is 4.98 Å². The van der Waals surface area contributed by atoms with Crippen molar-refractivity contribution in [2.45, 2.75) is 0 Å². The van der Waals surface area contributed by atoms with E-state index in [1.54, 1.807) is 24.3 Å². The Hall–Kier alpha value is -1.85. The third kappa shape index (κ3) is 2.09. The van der Waals surface area contributed by atoms with Gasteiger partial charge in [0.05, 0.1) is 16.6 Å². The van der Waals surface area contributed by atoms with E-state index in [-0.39, 0.29) is 21.8 Å². The van der Waals surface area contributed by atoms with Gasteiger partial charge in [-0.05, 0) is 24.3 Å². The Bertz CT molecular complexity index is 859. The predicted octanol–water partition coefficient (Wildman–Crippen LogP) is 3.98. The molecule has 100 valence electrons. The molecule has 0 amide bonds. The summed E-state index contributed by atoms with van der Waals surface area (Å²) >= 11 is 9.23. The third-order valence-electron chi connectivity index (χ3n) is 2.84. The molecule has 4 nitrogen and oxygen atoms in total. The Balaban J connectivity index is 2.36. The molecule has 0 bridgehead atoms. The van der Waals surface area contributed by atoms with Gasteiger partial charge >= 0.3 is 0 Å². The average Bonchev–Trinajstić information content (AvgIpc) is 2.44. The number of fused-ring (bicyclic) bond motifs is 1. The fraction of sp³-hybridized carbons (Fsp3) is 0. The van der Waals surface area contributed by atoms with Crippen molar-refractivity contribution in [3.05, 3.63) is 56.4 Å². The second kappa shape index (κ2) is 4.92. The zero-order valence-electron chi connectivity index (χ0n) is 9.93. The molecule has 0 atom stereocenters. The molecule has 0 aliphatic rings. The molecule has 0 unspecified atom stereocenters. The molecule has 20 heavy (non-hydrogen) atoms. The highest BCUT2D eigenvalue weighted by Gasteiger charge is 2.17. The lowest BCUT2D eigenvalue weighted by Crippen LogP contribution is -2.03. The first-order valence-corrected chi connectivity index (χ1v) is 6.80. The molecule has 1 N–H and O–H groups in total. The number of hydrogen-bond donors (Lipinski definition) is 1. The number of rotatable bonds is 1. The quantitative estimate of drug-likeness (QED) is 0.719. The molecule has 1 aromatic carbocycles. The number of hydrogen-bond acceptors (Lipinski definition) is 4. The van der Waals surface area contributed by atoms with Crippen molar-refractivity contribution in [1.29, 1.82) is 0 Å². The molecule has 0 aliphatic carbocycles. The number of halogens is 2. The standard InChI is InChI=1S/C14H7BrClNO3/c15-8-3-1-7(2-4-8)14-13(19)12(18)11-9(16)5-17-6-10(11)20-14/h1-6,19H. The van der Waals surface area contributed by atoms with Crippen molar-refractivity contribution < 1.29 is 9.52 Å². The molecule has 0 saturated carbocycles. The summed E-state index contributed by atoms with van der Waals surface area (Å²) < 4.78 is 6.45. The fourth-order valence-electron chi connectivity index (χ4n) is 1.89. The maximum absolute atomic E-state index is 12.2. The Morgan fingerprint density at radius 2 is 1.90 bits per heavy atom. The molecular weight excluding hydrogens is 346 g/mol. The number of benzene rings is 1. The summed E-state index contributed by atoms with van der Waals surface area (Å²) in [4.78, 5) is 16.1. The van der Waals surface area contributed by atoms with E-state index in [2.05, 4.69) is 20.9 Å². The highest BCUT2D eigenvalue weighted by Crippen LogP contribution is 2.32. The third-order valence-corrected chi connectivity index (χ3v) is 3.66. The number of pyridine rings is 1. The minimum absolute atomic E-state index is 0.0964. The van der Waals surface area contributed by atoms with Crippen LogP contribution in [0.3, 0.4) is 0 Å². The van der Waals surface area contributed by atoms with Gasteiger partial charge in [-0.15, -0.1) is 0 Å². The second-order valence-corrected chi connectivity index (χ2v) is 5.43. The Kier molecular flexibility index (Phi) is 3.23. The van der Waals surface area contributed by atoms with E-state index in [4.69, 9.17) is 16.0 Å². The summed E-state index contributed by atoms with van der Waals surface area (Å²) in [5, 5.41) is 10.3. The van der Waals surface area contributed by atoms with Crippen LogP contribution in [0.2, 0.25) is 5.02 Å². The topological polar surface area (TPSA) is 63.3 Å². The molecular formula is C14H7BrClNO3. The molecule has 2 heterocycles. The Morgan fingerprint density at radius 1 is 1.20 bits per heavy atom. The molecule has 0 spiro atoms. The van der Waals surface area contributed by atoms with Crippen LogP contribution in [-0.4, -0.2) is 10.1 Å². The number of aromatic hydroxyl groups is 1. The first kappa shape index (κ1) is 13.1. The summed E-state index contributed by atoms with van der Waals surface area (Å²) in [5.41, 5.74) is 0.250. The monoisotopic (exact) mass is 351 g/mol. The summed E-state index contributed by atoms with van der Waals surface area (Å²) in [5.74, 6) is -0.369. The lowest BCUT2D eigenvalue weighted by Gasteiger charge is -2.06. The Morgan fingerprint density at radius 3 is 2.60 bits per heavy atom. The molecule has 0 aliphatic heterocycles. The van der Waals surface area contributed by atoms with Crippen LogP contribution in [0, 0.1) is 0 Å². The predicted molar refractivity (Wildman–Crippen MR) is 80.1 cm³/mol. The van der Waals surface area contributed by atoms with Gasteiger partial charge in [-0.25, -0.2) is 0 Å². The van der Waals surface area contributed by atoms with Crippen LogP contribution in [0.5, 0.6) is 5.75 Å². The van der Waals surface area contributed by atoms with Crippen molar-refractivity contribution in [3.63, 3.8) is 0 Å². The van der Waals surface area contributed by atoms with Crippen molar-refractivity contribution >= 4 is 38.5 Å². The first-order chi connectivity index (χ1) is 9.58. The van der Waals surface area contributed by atoms with E-state index in [9.17, 15) is 9.90 Å². The molecule has 0 fully saturated rings. The average molecular weight is 353 g/mol. The van der Waals surface area contributed by atoms with Gasteiger partial charge in [-0.3, -0.25) is 9.78 Å². The lowest BCUT2D eigenvalue weighted by molar-refractivity contribution is 0.449. The number of nitrogens with zero attached hydrogens (tertiary/aromatic N) is 1. The van der Waals surface area contributed by atoms with Gasteiger partial charge < -0.3 is 9.52 Å². The van der Waals surface area contributed by atoms with E-state index in [0.29, 0.717) is 5.56 Å². The molecule has 0 saturated heterocycles. The maximum atomic E-state index is 12.2. The number of aromatic nitrogens is 1. The Labute approximate surface area is 126 Å². The molecule has 6 heteroatoms. The van der Waals surface area contributed by atoms with E-state index in [1.165, 1.54) is 12.4 Å². The largest absolute Gasteiger partial charge is 0.502 e. The van der Waals surface area contributed by atoms with Gasteiger partial charge in [-0.2, -0.15) is 0 Å². The van der Waals surface area contributed by atoms with Crippen LogP contribution in [0.4, 0.5) is 0 Å². The van der Waals surface area contributed by atoms with Crippen LogP contribution in [-0.2, 0) is 0 Å². The van der Waals surface area contributed by atoms with Gasteiger partial charge in [0.2, 0.25) is 11.2 Å². The lowest BCUT2D eigenvalue weighted by atomic mass is 10.1. The highest BCUT2D eigenvalue weighted by molar-refractivity contribution is 9.10. The molecule has 3 rings (SSSR count). The molecule has 3 aromatic rings. The van der Waals surface area contributed by atoms with E-state index >= 15 is 0 Å². The summed E-state index contributed by atoms with van der Waals surface area (Å²) in [6, 6.07) is 7.03. The van der Waals surface area contributed by atoms with Gasteiger partial charge in [0.15, 0.2) is 11.3 Å². The summed E-state index contributed by atoms with van der Waals surface area (Å²) in [6.07, 6.45) is 2.73. The van der Waals surface area contributed by atoms with Crippen molar-refractivity contribution in [2.75, 3.05) is 0 Å². The van der Waals surface area contributed by atoms with Crippen LogP contribution in [0.25, 0.3) is 22.3 Å². The van der Waals surface area contributed by atoms with E-state index in [1.807, 2.05) is 0 Å². The van der Waals surface area contributed by atoms with Gasteiger partial charge in [0.1, 0.15) is 0 Å². The zero-order chi connectivity index (χ0) is 14.3. The molecule has 2 aromatic heterocycles. The van der Waals surface area contributed by atoms with Gasteiger partial charge in [-0.1, -0.05) is 27.5 Å². The zero-order valence-corrected chi connectivity index (χ0v) is 12.3. The normalized spacial score (nSPS) is 10.9. The summed E-state index contributed by atoms with van der Waals surface area (Å²) in [6.45, 7) is 0. The van der Waals surface area contributed by atoms with E-state index in [0.717, 1.165) is 4.47 Å². The van der Waals surface area contributed by atoms with Crippen molar-refractivity contribution in [2.24, 2.45) is 0 Å². The van der Waals surface area contributed by atoms with Crippen LogP contribution < -0.4 is 5.43 Å². The maximum Gasteiger partial charge on any atom is 0.236 e. The van der Waals surface area contributed by atoms with E-state index < -0.39 is 11.2 Å². The fourth-order valence-corrected chi connectivity index (χ4v) is 2.39. The van der Waals surface area contributed by atoms with Gasteiger partial charge in [0.25, 0.3) is 0 Å². The van der Waals surface area contributed by atoms with Crippen LogP contribution >= 0.6 is 27.5 Å². The molecule has 0 radical (unpaired) electrons. The van der Waals surface area contributed by atoms with Crippen molar-refractivity contribution in [3.8, 4) is 17.1 Å². The first-order valence-electron chi connectivity index (χ1n) is 5.63. The minimum atomic E-state index is -0.573. The van der Waals surface area contributed by atoms with Crippen LogP contribution in [0.1, 0.15) is 0 Å².